The minimum Gasteiger partial charge on any atom is -0.486 e. The Morgan fingerprint density at radius 2 is 1.91 bits per heavy atom. The third-order valence-electron chi connectivity index (χ3n) is 4.39. The Morgan fingerprint density at radius 3 is 2.55 bits per heavy atom. The fourth-order valence-corrected chi connectivity index (χ4v) is 3.13. The van der Waals surface area contributed by atoms with Gasteiger partial charge in [-0.25, -0.2) is 0 Å². The van der Waals surface area contributed by atoms with Gasteiger partial charge < -0.3 is 19.7 Å². The van der Waals surface area contributed by atoms with E-state index in [1.54, 1.807) is 18.2 Å². The minimum absolute atomic E-state index is 0.176. The summed E-state index contributed by atoms with van der Waals surface area (Å²) in [5.41, 5.74) is 0.708. The van der Waals surface area contributed by atoms with Crippen LogP contribution in [0, 0.1) is 5.92 Å². The second-order valence-corrected chi connectivity index (χ2v) is 5.81. The first-order valence-electron chi connectivity index (χ1n) is 7.66. The van der Waals surface area contributed by atoms with Gasteiger partial charge in [0.05, 0.1) is 0 Å². The van der Waals surface area contributed by atoms with Gasteiger partial charge in [0.25, 0.3) is 0 Å². The van der Waals surface area contributed by atoms with Gasteiger partial charge >= 0.3 is 5.97 Å². The molecule has 0 radical (unpaired) electrons. The molecule has 120 valence electrons. The van der Waals surface area contributed by atoms with Gasteiger partial charge in [-0.1, -0.05) is 6.07 Å². The fourth-order valence-electron chi connectivity index (χ4n) is 3.13. The summed E-state index contributed by atoms with van der Waals surface area (Å²) in [6, 6.07) is 4.66. The number of aliphatic hydroxyl groups excluding tert-OH is 1. The van der Waals surface area contributed by atoms with Gasteiger partial charge in [-0.2, -0.15) is 0 Å². The van der Waals surface area contributed by atoms with Gasteiger partial charge in [0.15, 0.2) is 11.5 Å². The van der Waals surface area contributed by atoms with Crippen LogP contribution in [0.4, 0.5) is 0 Å². The Hall–Kier alpha value is -1.79. The number of fused-ring (bicyclic) bond motifs is 1. The van der Waals surface area contributed by atoms with E-state index in [1.165, 1.54) is 0 Å². The molecule has 3 rings (SSSR count). The first kappa shape index (κ1) is 15.1. The number of carbonyl (C=O) groups is 1. The van der Waals surface area contributed by atoms with E-state index in [0.717, 1.165) is 12.8 Å². The first-order chi connectivity index (χ1) is 10.7. The lowest BCUT2D eigenvalue weighted by atomic mass is 9.94. The quantitative estimate of drug-likeness (QED) is 0.872. The molecule has 2 aliphatic heterocycles. The highest BCUT2D eigenvalue weighted by atomic mass is 16.6. The van der Waals surface area contributed by atoms with Crippen LogP contribution >= 0.6 is 0 Å². The Kier molecular flexibility index (Phi) is 4.49. The number of ether oxygens (including phenoxy) is 2. The highest BCUT2D eigenvalue weighted by molar-refractivity contribution is 5.76. The second kappa shape index (κ2) is 6.54. The van der Waals surface area contributed by atoms with Crippen molar-refractivity contribution in [2.75, 3.05) is 32.9 Å². The molecular weight excluding hydrogens is 286 g/mol. The lowest BCUT2D eigenvalue weighted by Gasteiger charge is -2.35. The summed E-state index contributed by atoms with van der Waals surface area (Å²) in [5.74, 6) is 0.698. The van der Waals surface area contributed by atoms with E-state index in [2.05, 4.69) is 0 Å². The van der Waals surface area contributed by atoms with Crippen molar-refractivity contribution in [2.24, 2.45) is 5.92 Å². The number of piperidine rings is 1. The van der Waals surface area contributed by atoms with Gasteiger partial charge in [-0.3, -0.25) is 9.69 Å². The predicted molar refractivity (Wildman–Crippen MR) is 79.2 cm³/mol. The third-order valence-corrected chi connectivity index (χ3v) is 4.39. The van der Waals surface area contributed by atoms with Crippen molar-refractivity contribution < 1.29 is 24.5 Å². The maximum absolute atomic E-state index is 11.8. The number of aliphatic carboxylic acids is 1. The monoisotopic (exact) mass is 307 g/mol. The van der Waals surface area contributed by atoms with Gasteiger partial charge in [-0.05, 0) is 49.5 Å². The zero-order chi connectivity index (χ0) is 15.5. The molecular formula is C16H21NO5. The molecule has 1 saturated heterocycles. The zero-order valence-electron chi connectivity index (χ0n) is 12.4. The van der Waals surface area contributed by atoms with Crippen LogP contribution in [-0.4, -0.2) is 54.0 Å². The van der Waals surface area contributed by atoms with Crippen LogP contribution in [0.2, 0.25) is 0 Å². The van der Waals surface area contributed by atoms with E-state index in [4.69, 9.17) is 9.47 Å². The molecule has 0 aliphatic carbocycles. The van der Waals surface area contributed by atoms with Gasteiger partial charge in [-0.15, -0.1) is 0 Å². The summed E-state index contributed by atoms with van der Waals surface area (Å²) in [5, 5.41) is 18.9. The first-order valence-corrected chi connectivity index (χ1v) is 7.66. The Bertz CT molecular complexity index is 539. The van der Waals surface area contributed by atoms with Crippen molar-refractivity contribution in [3.63, 3.8) is 0 Å². The van der Waals surface area contributed by atoms with Gasteiger partial charge in [0.1, 0.15) is 19.3 Å². The van der Waals surface area contributed by atoms with Crippen LogP contribution in [0.25, 0.3) is 0 Å². The second-order valence-electron chi connectivity index (χ2n) is 5.81. The molecule has 6 nitrogen and oxygen atoms in total. The maximum Gasteiger partial charge on any atom is 0.325 e. The molecule has 22 heavy (non-hydrogen) atoms. The van der Waals surface area contributed by atoms with E-state index >= 15 is 0 Å². The van der Waals surface area contributed by atoms with E-state index in [1.807, 2.05) is 4.90 Å². The van der Waals surface area contributed by atoms with E-state index in [-0.39, 0.29) is 12.5 Å². The SMILES string of the molecule is O=C(O)C(c1ccc2c(c1)OCCO2)N1CCC(CO)CC1. The molecule has 0 saturated carbocycles. The summed E-state index contributed by atoms with van der Waals surface area (Å²) in [4.78, 5) is 13.7. The number of rotatable bonds is 4. The molecule has 0 bridgehead atoms. The lowest BCUT2D eigenvalue weighted by molar-refractivity contribution is -0.144. The number of hydrogen-bond acceptors (Lipinski definition) is 5. The molecule has 1 fully saturated rings. The van der Waals surface area contributed by atoms with E-state index in [0.29, 0.717) is 43.4 Å². The van der Waals surface area contributed by atoms with Crippen LogP contribution in [0.5, 0.6) is 11.5 Å². The van der Waals surface area contributed by atoms with Crippen LogP contribution in [0.3, 0.4) is 0 Å². The number of likely N-dealkylation sites (tertiary alicyclic amines) is 1. The normalized spacial score (nSPS) is 20.6. The van der Waals surface area contributed by atoms with E-state index < -0.39 is 12.0 Å². The summed E-state index contributed by atoms with van der Waals surface area (Å²) in [6.45, 7) is 2.53. The molecule has 1 unspecified atom stereocenters. The number of carboxylic acid groups (broad SMARTS) is 1. The maximum atomic E-state index is 11.8. The van der Waals surface area contributed by atoms with Gasteiger partial charge in [0, 0.05) is 6.61 Å². The summed E-state index contributed by atoms with van der Waals surface area (Å²) < 4.78 is 11.0. The smallest absolute Gasteiger partial charge is 0.325 e. The number of hydrogen-bond donors (Lipinski definition) is 2. The molecule has 6 heteroatoms. The topological polar surface area (TPSA) is 79.2 Å². The lowest BCUT2D eigenvalue weighted by Crippen LogP contribution is -2.40. The fraction of sp³-hybridized carbons (Fsp3) is 0.562. The minimum atomic E-state index is -0.862. The molecule has 0 aromatic heterocycles. The molecule has 2 heterocycles. The van der Waals surface area contributed by atoms with Crippen molar-refractivity contribution in [3.8, 4) is 11.5 Å². The van der Waals surface area contributed by atoms with E-state index in [9.17, 15) is 15.0 Å². The number of carboxylic acids is 1. The Morgan fingerprint density at radius 1 is 1.23 bits per heavy atom. The third kappa shape index (κ3) is 3.03. The molecule has 2 N–H and O–H groups in total. The van der Waals surface area contributed by atoms with Crippen LogP contribution in [-0.2, 0) is 4.79 Å². The Balaban J connectivity index is 1.81. The van der Waals surface area contributed by atoms with Crippen LogP contribution in [0.15, 0.2) is 18.2 Å². The van der Waals surface area contributed by atoms with Crippen LogP contribution in [0.1, 0.15) is 24.4 Å². The highest BCUT2D eigenvalue weighted by Crippen LogP contribution is 2.35. The largest absolute Gasteiger partial charge is 0.486 e. The predicted octanol–water partition coefficient (Wildman–Crippen LogP) is 1.29. The van der Waals surface area contributed by atoms with Crippen LogP contribution < -0.4 is 9.47 Å². The highest BCUT2D eigenvalue weighted by Gasteiger charge is 2.31. The van der Waals surface area contributed by atoms with Crippen molar-refractivity contribution in [1.29, 1.82) is 0 Å². The van der Waals surface area contributed by atoms with Crippen molar-refractivity contribution in [1.82, 2.24) is 4.90 Å². The van der Waals surface area contributed by atoms with Crippen molar-refractivity contribution in [2.45, 2.75) is 18.9 Å². The molecule has 2 aliphatic rings. The van der Waals surface area contributed by atoms with Crippen molar-refractivity contribution in [3.05, 3.63) is 23.8 Å². The molecule has 1 atom stereocenters. The standard InChI is InChI=1S/C16H21NO5/c18-10-11-3-5-17(6-4-11)15(16(19)20)12-1-2-13-14(9-12)22-8-7-21-13/h1-2,9,11,15,18H,3-8,10H2,(H,19,20). The van der Waals surface area contributed by atoms with Crippen molar-refractivity contribution >= 4 is 5.97 Å². The number of benzene rings is 1. The zero-order valence-corrected chi connectivity index (χ0v) is 12.4. The molecule has 0 amide bonds. The van der Waals surface area contributed by atoms with Gasteiger partial charge in [0.2, 0.25) is 0 Å². The molecule has 1 aromatic rings. The summed E-state index contributed by atoms with van der Waals surface area (Å²) in [6.07, 6.45) is 1.65. The molecule has 0 spiro atoms. The number of nitrogens with zero attached hydrogens (tertiary/aromatic N) is 1. The number of aliphatic hydroxyl groups is 1. The average Bonchev–Trinajstić information content (AvgIpc) is 2.55. The molecule has 1 aromatic carbocycles. The summed E-state index contributed by atoms with van der Waals surface area (Å²) in [7, 11) is 0. The Labute approximate surface area is 129 Å². The summed E-state index contributed by atoms with van der Waals surface area (Å²) >= 11 is 0. The average molecular weight is 307 g/mol.